The van der Waals surface area contributed by atoms with Crippen LogP contribution in [0.4, 0.5) is 0 Å². The Morgan fingerprint density at radius 1 is 1.16 bits per heavy atom. The largest absolute Gasteiger partial charge is 0.378 e. The van der Waals surface area contributed by atoms with Gasteiger partial charge in [0.1, 0.15) is 0 Å². The quantitative estimate of drug-likeness (QED) is 0.849. The Kier molecular flexibility index (Phi) is 4.78. The Morgan fingerprint density at radius 2 is 2.05 bits per heavy atom. The Bertz CT molecular complexity index is 264. The van der Waals surface area contributed by atoms with Crippen molar-refractivity contribution < 1.29 is 9.47 Å². The zero-order valence-corrected chi connectivity index (χ0v) is 12.2. The summed E-state index contributed by atoms with van der Waals surface area (Å²) in [4.78, 5) is 0. The third-order valence-electron chi connectivity index (χ3n) is 5.25. The second kappa shape index (κ2) is 6.55. The highest BCUT2D eigenvalue weighted by molar-refractivity contribution is 4.90. The lowest BCUT2D eigenvalue weighted by atomic mass is 9.79. The van der Waals surface area contributed by atoms with Crippen LogP contribution in [0, 0.1) is 5.92 Å². The molecule has 0 bridgehead atoms. The van der Waals surface area contributed by atoms with Gasteiger partial charge in [0.15, 0.2) is 0 Å². The molecule has 110 valence electrons. The molecule has 1 aliphatic carbocycles. The van der Waals surface area contributed by atoms with Crippen molar-refractivity contribution in [3.05, 3.63) is 0 Å². The molecular weight excluding hydrogens is 238 g/mol. The lowest BCUT2D eigenvalue weighted by molar-refractivity contribution is -0.148. The van der Waals surface area contributed by atoms with Crippen LogP contribution in [-0.2, 0) is 9.47 Å². The second-order valence-electron chi connectivity index (χ2n) is 6.73. The van der Waals surface area contributed by atoms with Gasteiger partial charge in [0.05, 0.1) is 11.7 Å². The van der Waals surface area contributed by atoms with Crippen LogP contribution in [0.5, 0.6) is 0 Å². The fraction of sp³-hybridized carbons (Fsp3) is 1.00. The first-order valence-corrected chi connectivity index (χ1v) is 8.33. The normalized spacial score (nSPS) is 34.7. The summed E-state index contributed by atoms with van der Waals surface area (Å²) in [6.45, 7) is 4.26. The lowest BCUT2D eigenvalue weighted by Crippen LogP contribution is -2.44. The standard InChI is InChI=1S/C16H29NO2/c1-2-7-16(8-3-1)12-15(6-11-19-16)18-10-5-14-4-9-17-13-14/h14-15,17H,1-13H2. The van der Waals surface area contributed by atoms with Crippen molar-refractivity contribution in [2.45, 2.75) is 69.5 Å². The Balaban J connectivity index is 1.40. The van der Waals surface area contributed by atoms with Gasteiger partial charge < -0.3 is 14.8 Å². The number of ether oxygens (including phenoxy) is 2. The molecule has 3 rings (SSSR count). The van der Waals surface area contributed by atoms with Crippen LogP contribution >= 0.6 is 0 Å². The van der Waals surface area contributed by atoms with Gasteiger partial charge in [-0.3, -0.25) is 0 Å². The van der Waals surface area contributed by atoms with Gasteiger partial charge >= 0.3 is 0 Å². The van der Waals surface area contributed by atoms with Gasteiger partial charge in [0.25, 0.3) is 0 Å². The number of hydrogen-bond acceptors (Lipinski definition) is 3. The van der Waals surface area contributed by atoms with Crippen LogP contribution in [0.3, 0.4) is 0 Å². The SMILES string of the molecule is C1CCC2(CC1)CC(OCCC1CCNC1)CCO2. The third-order valence-corrected chi connectivity index (χ3v) is 5.25. The number of rotatable bonds is 4. The van der Waals surface area contributed by atoms with E-state index in [1.807, 2.05) is 0 Å². The van der Waals surface area contributed by atoms with Crippen LogP contribution in [0.25, 0.3) is 0 Å². The Morgan fingerprint density at radius 3 is 2.84 bits per heavy atom. The molecule has 0 aromatic rings. The molecule has 0 aromatic heterocycles. The molecule has 19 heavy (non-hydrogen) atoms. The van der Waals surface area contributed by atoms with Crippen molar-refractivity contribution >= 4 is 0 Å². The van der Waals surface area contributed by atoms with Crippen LogP contribution in [0.2, 0.25) is 0 Å². The fourth-order valence-electron chi connectivity index (χ4n) is 4.03. The van der Waals surface area contributed by atoms with Crippen molar-refractivity contribution in [1.82, 2.24) is 5.32 Å². The van der Waals surface area contributed by atoms with Crippen molar-refractivity contribution in [2.75, 3.05) is 26.3 Å². The molecule has 3 fully saturated rings. The summed E-state index contributed by atoms with van der Waals surface area (Å²) in [5, 5.41) is 3.43. The molecule has 3 heteroatoms. The van der Waals surface area contributed by atoms with Crippen molar-refractivity contribution in [2.24, 2.45) is 5.92 Å². The van der Waals surface area contributed by atoms with E-state index in [4.69, 9.17) is 9.47 Å². The van der Waals surface area contributed by atoms with E-state index in [0.717, 1.165) is 32.0 Å². The highest BCUT2D eigenvalue weighted by atomic mass is 16.5. The van der Waals surface area contributed by atoms with Gasteiger partial charge in [-0.25, -0.2) is 0 Å². The average molecular weight is 267 g/mol. The van der Waals surface area contributed by atoms with Gasteiger partial charge in [0, 0.05) is 19.6 Å². The van der Waals surface area contributed by atoms with Crippen molar-refractivity contribution in [3.8, 4) is 0 Å². The zero-order valence-electron chi connectivity index (χ0n) is 12.2. The average Bonchev–Trinajstić information content (AvgIpc) is 2.93. The van der Waals surface area contributed by atoms with E-state index in [9.17, 15) is 0 Å². The summed E-state index contributed by atoms with van der Waals surface area (Å²) < 4.78 is 12.3. The van der Waals surface area contributed by atoms with Gasteiger partial charge in [-0.15, -0.1) is 0 Å². The smallest absolute Gasteiger partial charge is 0.0707 e. The molecule has 2 atom stereocenters. The van der Waals surface area contributed by atoms with Crippen LogP contribution in [0.15, 0.2) is 0 Å². The summed E-state index contributed by atoms with van der Waals surface area (Å²) in [5.74, 6) is 0.850. The molecule has 1 saturated carbocycles. The van der Waals surface area contributed by atoms with E-state index in [1.54, 1.807) is 0 Å². The van der Waals surface area contributed by atoms with E-state index in [0.29, 0.717) is 6.10 Å². The molecule has 2 heterocycles. The van der Waals surface area contributed by atoms with Gasteiger partial charge in [-0.05, 0) is 51.1 Å². The minimum Gasteiger partial charge on any atom is -0.378 e. The zero-order chi connectivity index (χ0) is 13.0. The molecule has 0 aromatic carbocycles. The molecule has 3 nitrogen and oxygen atoms in total. The van der Waals surface area contributed by atoms with Crippen LogP contribution in [-0.4, -0.2) is 38.0 Å². The van der Waals surface area contributed by atoms with E-state index in [1.165, 1.54) is 58.0 Å². The third kappa shape index (κ3) is 3.71. The van der Waals surface area contributed by atoms with E-state index in [2.05, 4.69) is 5.32 Å². The van der Waals surface area contributed by atoms with Gasteiger partial charge in [-0.2, -0.15) is 0 Å². The Hall–Kier alpha value is -0.120. The maximum atomic E-state index is 6.16. The van der Waals surface area contributed by atoms with Gasteiger partial charge in [-0.1, -0.05) is 19.3 Å². The molecule has 2 saturated heterocycles. The first-order valence-electron chi connectivity index (χ1n) is 8.33. The molecule has 3 aliphatic rings. The molecule has 0 radical (unpaired) electrons. The Labute approximate surface area is 117 Å². The molecular formula is C16H29NO2. The first-order chi connectivity index (χ1) is 9.36. The maximum absolute atomic E-state index is 6.16. The van der Waals surface area contributed by atoms with Crippen molar-refractivity contribution in [1.29, 1.82) is 0 Å². The highest BCUT2D eigenvalue weighted by Gasteiger charge is 2.38. The summed E-state index contributed by atoms with van der Waals surface area (Å²) >= 11 is 0. The molecule has 1 spiro atoms. The predicted octanol–water partition coefficient (Wildman–Crippen LogP) is 2.88. The number of nitrogens with one attached hydrogen (secondary N) is 1. The van der Waals surface area contributed by atoms with Crippen LogP contribution in [0.1, 0.15) is 57.8 Å². The van der Waals surface area contributed by atoms with Crippen LogP contribution < -0.4 is 5.32 Å². The number of hydrogen-bond donors (Lipinski definition) is 1. The summed E-state index contributed by atoms with van der Waals surface area (Å²) in [5.41, 5.74) is 0.191. The highest BCUT2D eigenvalue weighted by Crippen LogP contribution is 2.39. The monoisotopic (exact) mass is 267 g/mol. The minimum absolute atomic E-state index is 0.191. The van der Waals surface area contributed by atoms with E-state index >= 15 is 0 Å². The molecule has 0 amide bonds. The van der Waals surface area contributed by atoms with E-state index < -0.39 is 0 Å². The lowest BCUT2D eigenvalue weighted by Gasteiger charge is -2.43. The van der Waals surface area contributed by atoms with Gasteiger partial charge in [0.2, 0.25) is 0 Å². The molecule has 1 N–H and O–H groups in total. The summed E-state index contributed by atoms with van der Waals surface area (Å²) in [6.07, 6.45) is 11.9. The molecule has 2 unspecified atom stereocenters. The first kappa shape index (κ1) is 13.8. The molecule has 2 aliphatic heterocycles. The topological polar surface area (TPSA) is 30.5 Å². The van der Waals surface area contributed by atoms with Crippen molar-refractivity contribution in [3.63, 3.8) is 0 Å². The fourth-order valence-corrected chi connectivity index (χ4v) is 4.03. The second-order valence-corrected chi connectivity index (χ2v) is 6.73. The minimum atomic E-state index is 0.191. The maximum Gasteiger partial charge on any atom is 0.0707 e. The van der Waals surface area contributed by atoms with E-state index in [-0.39, 0.29) is 5.60 Å². The summed E-state index contributed by atoms with van der Waals surface area (Å²) in [6, 6.07) is 0. The predicted molar refractivity (Wildman–Crippen MR) is 76.3 cm³/mol. The summed E-state index contributed by atoms with van der Waals surface area (Å²) in [7, 11) is 0.